The number of ether oxygens (including phenoxy) is 3. The first-order valence-electron chi connectivity index (χ1n) is 11.0. The highest BCUT2D eigenvalue weighted by Gasteiger charge is 2.16. The van der Waals surface area contributed by atoms with Crippen LogP contribution in [0.2, 0.25) is 0 Å². The minimum Gasteiger partial charge on any atom is -0.493 e. The van der Waals surface area contributed by atoms with Gasteiger partial charge in [0.05, 0.1) is 19.8 Å². The average Bonchev–Trinajstić information content (AvgIpc) is 3.33. The van der Waals surface area contributed by atoms with Gasteiger partial charge in [-0.05, 0) is 62.7 Å². The summed E-state index contributed by atoms with van der Waals surface area (Å²) in [6, 6.07) is 12.4. The molecule has 8 nitrogen and oxygen atoms in total. The number of esters is 1. The number of nitrogens with zero attached hydrogens (tertiary/aromatic N) is 1. The third-order valence-corrected chi connectivity index (χ3v) is 4.46. The Labute approximate surface area is 197 Å². The Morgan fingerprint density at radius 1 is 1.09 bits per heavy atom. The molecule has 180 valence electrons. The van der Waals surface area contributed by atoms with Crippen molar-refractivity contribution >= 4 is 11.7 Å². The zero-order valence-electron chi connectivity index (χ0n) is 19.3. The number of benzene rings is 2. The molecule has 0 fully saturated rings. The lowest BCUT2D eigenvalue weighted by Crippen LogP contribution is -2.14. The third-order valence-electron chi connectivity index (χ3n) is 4.46. The Hall–Kier alpha value is -3.85. The van der Waals surface area contributed by atoms with Crippen LogP contribution < -0.4 is 15.0 Å². The van der Waals surface area contributed by atoms with Crippen molar-refractivity contribution in [2.45, 2.75) is 27.2 Å². The van der Waals surface area contributed by atoms with Gasteiger partial charge in [0.25, 0.3) is 0 Å². The second kappa shape index (κ2) is 12.4. The SMILES string of the molecule is CCCONC(=COc1ccc(OCC)c(C(=O)OCC)c1)c1cc(-c2ccc(F)cc2)no1. The smallest absolute Gasteiger partial charge is 0.342 e. The maximum Gasteiger partial charge on any atom is 0.342 e. The molecule has 0 aliphatic carbocycles. The molecule has 34 heavy (non-hydrogen) atoms. The van der Waals surface area contributed by atoms with Crippen LogP contribution in [0, 0.1) is 5.82 Å². The van der Waals surface area contributed by atoms with Gasteiger partial charge in [-0.2, -0.15) is 0 Å². The summed E-state index contributed by atoms with van der Waals surface area (Å²) in [5, 5.41) is 4.04. The minimum atomic E-state index is -0.510. The van der Waals surface area contributed by atoms with Gasteiger partial charge in [-0.25, -0.2) is 9.18 Å². The molecular weight excluding hydrogens is 443 g/mol. The lowest BCUT2D eigenvalue weighted by molar-refractivity contribution is 0.0521. The topological polar surface area (TPSA) is 92.0 Å². The molecule has 1 N–H and O–H groups in total. The Morgan fingerprint density at radius 2 is 1.88 bits per heavy atom. The van der Waals surface area contributed by atoms with Crippen molar-refractivity contribution in [3.63, 3.8) is 0 Å². The molecule has 0 saturated carbocycles. The summed E-state index contributed by atoms with van der Waals surface area (Å²) in [5.41, 5.74) is 4.62. The Kier molecular flexibility index (Phi) is 9.04. The number of hydrogen-bond donors (Lipinski definition) is 1. The van der Waals surface area contributed by atoms with Gasteiger partial charge in [0.1, 0.15) is 40.5 Å². The highest BCUT2D eigenvalue weighted by Crippen LogP contribution is 2.27. The van der Waals surface area contributed by atoms with Crippen molar-refractivity contribution in [1.29, 1.82) is 0 Å². The fourth-order valence-corrected chi connectivity index (χ4v) is 2.88. The second-order valence-electron chi connectivity index (χ2n) is 6.99. The van der Waals surface area contributed by atoms with E-state index in [2.05, 4.69) is 10.6 Å². The molecule has 0 unspecified atom stereocenters. The van der Waals surface area contributed by atoms with Crippen LogP contribution in [0.3, 0.4) is 0 Å². The van der Waals surface area contributed by atoms with E-state index in [0.29, 0.717) is 47.4 Å². The van der Waals surface area contributed by atoms with Gasteiger partial charge in [0.2, 0.25) is 0 Å². The maximum absolute atomic E-state index is 13.2. The molecule has 3 aromatic rings. The lowest BCUT2D eigenvalue weighted by atomic mass is 10.1. The summed E-state index contributed by atoms with van der Waals surface area (Å²) in [7, 11) is 0. The highest BCUT2D eigenvalue weighted by atomic mass is 19.1. The van der Waals surface area contributed by atoms with E-state index in [0.717, 1.165) is 6.42 Å². The molecule has 0 spiro atoms. The first-order chi connectivity index (χ1) is 16.5. The predicted octanol–water partition coefficient (Wildman–Crippen LogP) is 5.36. The van der Waals surface area contributed by atoms with Gasteiger partial charge in [0.15, 0.2) is 5.76 Å². The minimum absolute atomic E-state index is 0.236. The maximum atomic E-state index is 13.2. The largest absolute Gasteiger partial charge is 0.493 e. The van der Waals surface area contributed by atoms with Gasteiger partial charge in [0, 0.05) is 11.6 Å². The molecule has 0 bridgehead atoms. The highest BCUT2D eigenvalue weighted by molar-refractivity contribution is 5.93. The van der Waals surface area contributed by atoms with E-state index in [1.54, 1.807) is 37.3 Å². The fraction of sp³-hybridized carbons (Fsp3) is 0.280. The molecule has 2 aromatic carbocycles. The number of nitrogens with one attached hydrogen (secondary N) is 1. The van der Waals surface area contributed by atoms with E-state index in [1.807, 2.05) is 13.8 Å². The number of aromatic nitrogens is 1. The number of hydroxylamine groups is 1. The van der Waals surface area contributed by atoms with E-state index >= 15 is 0 Å². The average molecular weight is 470 g/mol. The van der Waals surface area contributed by atoms with Gasteiger partial charge in [-0.15, -0.1) is 0 Å². The molecule has 0 saturated heterocycles. The van der Waals surface area contributed by atoms with Gasteiger partial charge in [-0.3, -0.25) is 10.3 Å². The summed E-state index contributed by atoms with van der Waals surface area (Å²) in [6.07, 6.45) is 2.18. The molecular formula is C25H27FN2O6. The molecule has 0 atom stereocenters. The first-order valence-corrected chi connectivity index (χ1v) is 11.0. The number of carbonyl (C=O) groups excluding carboxylic acids is 1. The number of hydrogen-bond acceptors (Lipinski definition) is 8. The Morgan fingerprint density at radius 3 is 2.59 bits per heavy atom. The third kappa shape index (κ3) is 6.58. The van der Waals surface area contributed by atoms with Crippen molar-refractivity contribution in [3.8, 4) is 22.8 Å². The molecule has 1 aromatic heterocycles. The van der Waals surface area contributed by atoms with Crippen LogP contribution in [0.1, 0.15) is 43.3 Å². The van der Waals surface area contributed by atoms with E-state index in [-0.39, 0.29) is 18.0 Å². The van der Waals surface area contributed by atoms with Crippen molar-refractivity contribution < 1.29 is 32.8 Å². The fourth-order valence-electron chi connectivity index (χ4n) is 2.88. The van der Waals surface area contributed by atoms with Gasteiger partial charge in [-0.1, -0.05) is 12.1 Å². The summed E-state index contributed by atoms with van der Waals surface area (Å²) < 4.78 is 35.1. The molecule has 0 amide bonds. The number of halogens is 1. The summed E-state index contributed by atoms with van der Waals surface area (Å²) in [4.78, 5) is 17.8. The van der Waals surface area contributed by atoms with Crippen LogP contribution in [-0.4, -0.2) is 30.9 Å². The molecule has 1 heterocycles. The standard InChI is InChI=1S/C25H27FN2O6/c1-4-13-33-27-22(24-15-21(28-34-24)17-7-9-18(26)10-8-17)16-32-19-11-12-23(30-5-2)20(14-19)25(29)31-6-3/h7-12,14-16,27H,4-6,13H2,1-3H3. The summed E-state index contributed by atoms with van der Waals surface area (Å²) in [5.74, 6) is 0.269. The van der Waals surface area contributed by atoms with Crippen LogP contribution in [0.5, 0.6) is 11.5 Å². The van der Waals surface area contributed by atoms with Crippen molar-refractivity contribution in [1.82, 2.24) is 10.6 Å². The lowest BCUT2D eigenvalue weighted by Gasteiger charge is -2.12. The summed E-state index contributed by atoms with van der Waals surface area (Å²) >= 11 is 0. The Balaban J connectivity index is 1.86. The number of rotatable bonds is 12. The van der Waals surface area contributed by atoms with E-state index in [4.69, 9.17) is 23.6 Å². The van der Waals surface area contributed by atoms with Crippen LogP contribution in [0.25, 0.3) is 17.0 Å². The first kappa shape index (κ1) is 24.8. The van der Waals surface area contributed by atoms with E-state index in [9.17, 15) is 9.18 Å². The van der Waals surface area contributed by atoms with Crippen molar-refractivity contribution in [2.24, 2.45) is 0 Å². The van der Waals surface area contributed by atoms with Crippen molar-refractivity contribution in [3.05, 3.63) is 71.9 Å². The second-order valence-corrected chi connectivity index (χ2v) is 6.99. The van der Waals surface area contributed by atoms with Crippen LogP contribution in [0.15, 0.2) is 59.3 Å². The molecule has 3 rings (SSSR count). The zero-order valence-corrected chi connectivity index (χ0v) is 19.3. The van der Waals surface area contributed by atoms with Crippen molar-refractivity contribution in [2.75, 3.05) is 19.8 Å². The molecule has 0 aliphatic heterocycles. The normalized spacial score (nSPS) is 11.2. The molecule has 0 aliphatic rings. The Bertz CT molecular complexity index is 1110. The predicted molar refractivity (Wildman–Crippen MR) is 123 cm³/mol. The molecule has 0 radical (unpaired) electrons. The van der Waals surface area contributed by atoms with Gasteiger partial charge < -0.3 is 18.7 Å². The van der Waals surface area contributed by atoms with Gasteiger partial charge >= 0.3 is 5.97 Å². The van der Waals surface area contributed by atoms with E-state index < -0.39 is 5.97 Å². The van der Waals surface area contributed by atoms with E-state index in [1.165, 1.54) is 24.5 Å². The quantitative estimate of drug-likeness (QED) is 0.164. The van der Waals surface area contributed by atoms with Crippen LogP contribution in [0.4, 0.5) is 4.39 Å². The monoisotopic (exact) mass is 470 g/mol. The zero-order chi connectivity index (χ0) is 24.3. The number of carbonyl (C=O) groups is 1. The van der Waals surface area contributed by atoms with Crippen LogP contribution >= 0.6 is 0 Å². The van der Waals surface area contributed by atoms with Crippen LogP contribution in [-0.2, 0) is 9.57 Å². The summed E-state index contributed by atoms with van der Waals surface area (Å²) in [6.45, 7) is 6.62. The molecule has 9 heteroatoms.